The van der Waals surface area contributed by atoms with Gasteiger partial charge in [0.05, 0.1) is 0 Å². The molecule has 0 spiro atoms. The largest absolute Gasteiger partial charge is 0.340 e. The van der Waals surface area contributed by atoms with Crippen molar-refractivity contribution in [2.24, 2.45) is 5.92 Å². The number of amides is 3. The maximum absolute atomic E-state index is 13.2. The van der Waals surface area contributed by atoms with Crippen LogP contribution >= 0.6 is 0 Å². The monoisotopic (exact) mass is 429 g/mol. The average Bonchev–Trinajstić information content (AvgIpc) is 3.14. The Labute approximate surface area is 184 Å². The van der Waals surface area contributed by atoms with Gasteiger partial charge in [-0.3, -0.25) is 14.4 Å². The Bertz CT molecular complexity index is 1230. The lowest BCUT2D eigenvalue weighted by atomic mass is 9.95. The summed E-state index contributed by atoms with van der Waals surface area (Å²) in [6.45, 7) is 0.349. The molecule has 6 nitrogen and oxygen atoms in total. The molecule has 2 atom stereocenters. The molecule has 2 heterocycles. The van der Waals surface area contributed by atoms with Crippen LogP contribution in [-0.4, -0.2) is 24.3 Å². The smallest absolute Gasteiger partial charge is 0.251 e. The van der Waals surface area contributed by atoms with Crippen LogP contribution in [0.15, 0.2) is 72.8 Å². The molecule has 2 N–H and O–H groups in total. The Hall–Kier alpha value is -4.00. The highest BCUT2D eigenvalue weighted by Crippen LogP contribution is 2.37. The van der Waals surface area contributed by atoms with E-state index in [2.05, 4.69) is 10.6 Å². The van der Waals surface area contributed by atoms with Crippen molar-refractivity contribution in [3.63, 3.8) is 0 Å². The molecule has 1 fully saturated rings. The fourth-order valence-electron chi connectivity index (χ4n) is 4.35. The first-order valence-corrected chi connectivity index (χ1v) is 10.4. The van der Waals surface area contributed by atoms with Gasteiger partial charge >= 0.3 is 0 Å². The summed E-state index contributed by atoms with van der Waals surface area (Å²) in [5.74, 6) is -2.53. The standard InChI is InChI=1S/C25H20FN3O3/c26-15-9-11-16(12-10-15)29-14-13-20(25(29)32)23(30)28-22-19-7-2-1-5-17(19)18-6-3-4-8-21(18)27-24(22)31/h1-12,20,22H,13-14H2,(H,27,31)(H,28,30)/t20?,22-/m0/s1. The minimum Gasteiger partial charge on any atom is -0.340 e. The van der Waals surface area contributed by atoms with Gasteiger partial charge in [-0.25, -0.2) is 4.39 Å². The van der Waals surface area contributed by atoms with Gasteiger partial charge in [0.2, 0.25) is 11.8 Å². The van der Waals surface area contributed by atoms with Crippen LogP contribution in [-0.2, 0) is 14.4 Å². The molecule has 7 heteroatoms. The number of carbonyl (C=O) groups excluding carboxylic acids is 3. The van der Waals surface area contributed by atoms with Crippen molar-refractivity contribution in [1.29, 1.82) is 0 Å². The molecule has 0 aromatic heterocycles. The van der Waals surface area contributed by atoms with E-state index in [9.17, 15) is 18.8 Å². The van der Waals surface area contributed by atoms with Crippen LogP contribution in [0.5, 0.6) is 0 Å². The minimum absolute atomic E-state index is 0.318. The van der Waals surface area contributed by atoms with Gasteiger partial charge in [-0.1, -0.05) is 42.5 Å². The van der Waals surface area contributed by atoms with Crippen LogP contribution in [0.2, 0.25) is 0 Å². The molecular formula is C25H20FN3O3. The lowest BCUT2D eigenvalue weighted by Gasteiger charge is -2.20. The number of anilines is 2. The first kappa shape index (κ1) is 19.9. The van der Waals surface area contributed by atoms with Crippen molar-refractivity contribution in [2.75, 3.05) is 16.8 Å². The van der Waals surface area contributed by atoms with Gasteiger partial charge in [0.1, 0.15) is 17.8 Å². The molecular weight excluding hydrogens is 409 g/mol. The van der Waals surface area contributed by atoms with E-state index in [0.717, 1.165) is 11.1 Å². The van der Waals surface area contributed by atoms with Crippen molar-refractivity contribution in [2.45, 2.75) is 12.5 Å². The summed E-state index contributed by atoms with van der Waals surface area (Å²) < 4.78 is 13.2. The maximum Gasteiger partial charge on any atom is 0.251 e. The summed E-state index contributed by atoms with van der Waals surface area (Å²) in [5, 5.41) is 5.68. The lowest BCUT2D eigenvalue weighted by Crippen LogP contribution is -2.42. The molecule has 3 aromatic rings. The van der Waals surface area contributed by atoms with Gasteiger partial charge in [0, 0.05) is 23.5 Å². The number of hydrogen-bond donors (Lipinski definition) is 2. The van der Waals surface area contributed by atoms with Crippen molar-refractivity contribution >= 4 is 29.1 Å². The van der Waals surface area contributed by atoms with Gasteiger partial charge < -0.3 is 15.5 Å². The predicted molar refractivity (Wildman–Crippen MR) is 118 cm³/mol. The second-order valence-corrected chi connectivity index (χ2v) is 7.87. The van der Waals surface area contributed by atoms with Gasteiger partial charge in [0.15, 0.2) is 0 Å². The molecule has 1 saturated heterocycles. The molecule has 160 valence electrons. The highest BCUT2D eigenvalue weighted by molar-refractivity contribution is 6.11. The summed E-state index contributed by atoms with van der Waals surface area (Å²) in [5.41, 5.74) is 3.59. The van der Waals surface area contributed by atoms with E-state index in [4.69, 9.17) is 0 Å². The zero-order valence-corrected chi connectivity index (χ0v) is 17.0. The van der Waals surface area contributed by atoms with Gasteiger partial charge in [-0.05, 0) is 47.9 Å². The zero-order chi connectivity index (χ0) is 22.2. The van der Waals surface area contributed by atoms with E-state index >= 15 is 0 Å². The second kappa shape index (κ2) is 7.92. The molecule has 32 heavy (non-hydrogen) atoms. The zero-order valence-electron chi connectivity index (χ0n) is 17.0. The average molecular weight is 429 g/mol. The molecule has 2 aliphatic rings. The van der Waals surface area contributed by atoms with Crippen molar-refractivity contribution in [3.05, 3.63) is 84.2 Å². The summed E-state index contributed by atoms with van der Waals surface area (Å²) >= 11 is 0. The van der Waals surface area contributed by atoms with Crippen LogP contribution in [0.4, 0.5) is 15.8 Å². The molecule has 3 amide bonds. The third-order valence-corrected chi connectivity index (χ3v) is 5.96. The van der Waals surface area contributed by atoms with E-state index in [0.29, 0.717) is 29.9 Å². The fraction of sp³-hybridized carbons (Fsp3) is 0.160. The number of nitrogens with zero attached hydrogens (tertiary/aromatic N) is 1. The van der Waals surface area contributed by atoms with E-state index in [1.54, 1.807) is 0 Å². The van der Waals surface area contributed by atoms with Crippen LogP contribution in [0, 0.1) is 11.7 Å². The number of nitrogens with one attached hydrogen (secondary N) is 2. The molecule has 3 aromatic carbocycles. The van der Waals surface area contributed by atoms with Gasteiger partial charge in [-0.15, -0.1) is 0 Å². The second-order valence-electron chi connectivity index (χ2n) is 7.87. The van der Waals surface area contributed by atoms with Crippen LogP contribution in [0.1, 0.15) is 18.0 Å². The Morgan fingerprint density at radius 3 is 2.41 bits per heavy atom. The maximum atomic E-state index is 13.2. The molecule has 0 radical (unpaired) electrons. The molecule has 1 unspecified atom stereocenters. The number of carbonyl (C=O) groups is 3. The van der Waals surface area contributed by atoms with E-state index in [1.165, 1.54) is 29.2 Å². The Morgan fingerprint density at radius 2 is 1.62 bits per heavy atom. The van der Waals surface area contributed by atoms with Crippen molar-refractivity contribution < 1.29 is 18.8 Å². The third kappa shape index (κ3) is 3.41. The van der Waals surface area contributed by atoms with Crippen molar-refractivity contribution in [3.8, 4) is 11.1 Å². The number of halogens is 1. The Morgan fingerprint density at radius 1 is 0.938 bits per heavy atom. The normalized spacial score (nSPS) is 19.6. The SMILES string of the molecule is O=C(N[C@@H]1C(=O)Nc2ccccc2-c2ccccc21)C1CCN(c2ccc(F)cc2)C1=O. The summed E-state index contributed by atoms with van der Waals surface area (Å²) in [4.78, 5) is 40.5. The number of rotatable bonds is 3. The van der Waals surface area contributed by atoms with E-state index < -0.39 is 23.7 Å². The van der Waals surface area contributed by atoms with Gasteiger partial charge in [-0.2, -0.15) is 0 Å². The topological polar surface area (TPSA) is 78.5 Å². The first-order chi connectivity index (χ1) is 15.5. The molecule has 2 aliphatic heterocycles. The number of benzene rings is 3. The Kier molecular flexibility index (Phi) is 4.93. The predicted octanol–water partition coefficient (Wildman–Crippen LogP) is 3.66. The Balaban J connectivity index is 1.40. The molecule has 0 bridgehead atoms. The van der Waals surface area contributed by atoms with Gasteiger partial charge in [0.25, 0.3) is 5.91 Å². The first-order valence-electron chi connectivity index (χ1n) is 10.4. The number of fused-ring (bicyclic) bond motifs is 3. The third-order valence-electron chi connectivity index (χ3n) is 5.96. The fourth-order valence-corrected chi connectivity index (χ4v) is 4.35. The van der Waals surface area contributed by atoms with Crippen molar-refractivity contribution in [1.82, 2.24) is 5.32 Å². The number of para-hydroxylation sites is 1. The quantitative estimate of drug-likeness (QED) is 0.624. The minimum atomic E-state index is -0.932. The van der Waals surface area contributed by atoms with Crippen LogP contribution in [0.3, 0.4) is 0 Å². The summed E-state index contributed by atoms with van der Waals surface area (Å²) in [6, 6.07) is 19.5. The van der Waals surface area contributed by atoms with E-state index in [1.807, 2.05) is 48.5 Å². The van der Waals surface area contributed by atoms with Crippen LogP contribution < -0.4 is 15.5 Å². The highest BCUT2D eigenvalue weighted by Gasteiger charge is 2.40. The highest BCUT2D eigenvalue weighted by atomic mass is 19.1. The van der Waals surface area contributed by atoms with Crippen LogP contribution in [0.25, 0.3) is 11.1 Å². The van der Waals surface area contributed by atoms with E-state index in [-0.39, 0.29) is 11.8 Å². The molecule has 0 saturated carbocycles. The molecule has 5 rings (SSSR count). The summed E-state index contributed by atoms with van der Waals surface area (Å²) in [6.07, 6.45) is 0.318. The molecule has 0 aliphatic carbocycles. The number of hydrogen-bond acceptors (Lipinski definition) is 3. The lowest BCUT2D eigenvalue weighted by molar-refractivity contribution is -0.134. The summed E-state index contributed by atoms with van der Waals surface area (Å²) in [7, 11) is 0.